The molecular formula is C21H33Cl2N3O. The second-order valence-corrected chi connectivity index (χ2v) is 8.17. The number of carbonyl (C=O) groups is 1. The summed E-state index contributed by atoms with van der Waals surface area (Å²) < 4.78 is 0. The molecule has 1 heterocycles. The molecule has 1 saturated carbocycles. The molecule has 3 aliphatic rings. The molecule has 1 amide bonds. The van der Waals surface area contributed by atoms with Crippen molar-refractivity contribution in [2.75, 3.05) is 26.2 Å². The van der Waals surface area contributed by atoms with E-state index in [2.05, 4.69) is 34.1 Å². The van der Waals surface area contributed by atoms with Gasteiger partial charge in [0, 0.05) is 44.2 Å². The van der Waals surface area contributed by atoms with Crippen molar-refractivity contribution in [3.63, 3.8) is 0 Å². The summed E-state index contributed by atoms with van der Waals surface area (Å²) in [6.45, 7) is 3.94. The van der Waals surface area contributed by atoms with Crippen molar-refractivity contribution in [2.45, 2.75) is 57.0 Å². The average Bonchev–Trinajstić information content (AvgIpc) is 2.90. The standard InChI is InChI=1S/C21H31N3O.2ClH/c22-19-8-3-7-18(13-19)21(25)24-10-4-9-23(11-12-24)20-14-16-5-1-2-6-17(16)15-20;;/h1-2,5-6,18-20H,3-4,7-15,22H2;2*1H/t18-,19+;;/m1../s1. The lowest BCUT2D eigenvalue weighted by atomic mass is 9.85. The van der Waals surface area contributed by atoms with Crippen molar-refractivity contribution < 1.29 is 4.79 Å². The van der Waals surface area contributed by atoms with Crippen LogP contribution >= 0.6 is 24.8 Å². The fraction of sp³-hybridized carbons (Fsp3) is 0.667. The van der Waals surface area contributed by atoms with Crippen molar-refractivity contribution in [3.8, 4) is 0 Å². The van der Waals surface area contributed by atoms with E-state index in [-0.39, 0.29) is 36.8 Å². The lowest BCUT2D eigenvalue weighted by Crippen LogP contribution is -2.43. The second kappa shape index (κ2) is 10.1. The maximum absolute atomic E-state index is 12.9. The van der Waals surface area contributed by atoms with Crippen molar-refractivity contribution in [3.05, 3.63) is 35.4 Å². The summed E-state index contributed by atoms with van der Waals surface area (Å²) in [5.74, 6) is 0.540. The van der Waals surface area contributed by atoms with E-state index in [0.717, 1.165) is 58.3 Å². The molecule has 2 aliphatic carbocycles. The number of amides is 1. The molecule has 2 N–H and O–H groups in total. The number of halogens is 2. The van der Waals surface area contributed by atoms with Crippen molar-refractivity contribution in [1.29, 1.82) is 0 Å². The maximum Gasteiger partial charge on any atom is 0.225 e. The summed E-state index contributed by atoms with van der Waals surface area (Å²) in [6, 6.07) is 9.70. The molecule has 2 atom stereocenters. The van der Waals surface area contributed by atoms with Crippen molar-refractivity contribution in [1.82, 2.24) is 9.80 Å². The predicted octanol–water partition coefficient (Wildman–Crippen LogP) is 3.05. The first kappa shape index (κ1) is 22.5. The van der Waals surface area contributed by atoms with Crippen LogP contribution in [0.5, 0.6) is 0 Å². The zero-order valence-corrected chi connectivity index (χ0v) is 17.6. The number of carbonyl (C=O) groups excluding carboxylic acids is 1. The quantitative estimate of drug-likeness (QED) is 0.810. The molecule has 152 valence electrons. The summed E-state index contributed by atoms with van der Waals surface area (Å²) in [7, 11) is 0. The number of hydrogen-bond acceptors (Lipinski definition) is 3. The van der Waals surface area contributed by atoms with Gasteiger partial charge in [-0.1, -0.05) is 30.7 Å². The van der Waals surface area contributed by atoms with Gasteiger partial charge in [-0.15, -0.1) is 24.8 Å². The molecule has 4 nitrogen and oxygen atoms in total. The van der Waals surface area contributed by atoms with Crippen LogP contribution in [0.3, 0.4) is 0 Å². The Balaban J connectivity index is 0.00000131. The average molecular weight is 414 g/mol. The van der Waals surface area contributed by atoms with Gasteiger partial charge in [-0.2, -0.15) is 0 Å². The van der Waals surface area contributed by atoms with Gasteiger partial charge in [0.15, 0.2) is 0 Å². The monoisotopic (exact) mass is 413 g/mol. The van der Waals surface area contributed by atoms with Crippen molar-refractivity contribution >= 4 is 30.7 Å². The molecule has 2 fully saturated rings. The van der Waals surface area contributed by atoms with Gasteiger partial charge in [0.25, 0.3) is 0 Å². The van der Waals surface area contributed by atoms with E-state index >= 15 is 0 Å². The van der Waals surface area contributed by atoms with E-state index in [1.807, 2.05) is 0 Å². The molecule has 1 saturated heterocycles. The van der Waals surface area contributed by atoms with Crippen LogP contribution in [0.25, 0.3) is 0 Å². The highest BCUT2D eigenvalue weighted by Gasteiger charge is 2.32. The normalized spacial score (nSPS) is 26.5. The summed E-state index contributed by atoms with van der Waals surface area (Å²) in [5.41, 5.74) is 9.12. The third kappa shape index (κ3) is 5.17. The molecule has 6 heteroatoms. The molecule has 0 radical (unpaired) electrons. The van der Waals surface area contributed by atoms with E-state index < -0.39 is 0 Å². The molecule has 1 aromatic rings. The molecule has 27 heavy (non-hydrogen) atoms. The van der Waals surface area contributed by atoms with E-state index in [4.69, 9.17) is 5.73 Å². The second-order valence-electron chi connectivity index (χ2n) is 8.17. The topological polar surface area (TPSA) is 49.6 Å². The van der Waals surface area contributed by atoms with Gasteiger partial charge in [-0.05, 0) is 49.7 Å². The van der Waals surface area contributed by atoms with Gasteiger partial charge in [-0.3, -0.25) is 9.69 Å². The van der Waals surface area contributed by atoms with Crippen LogP contribution < -0.4 is 5.73 Å². The third-order valence-corrected chi connectivity index (χ3v) is 6.45. The Morgan fingerprint density at radius 1 is 0.926 bits per heavy atom. The molecule has 4 rings (SSSR count). The number of hydrogen-bond donors (Lipinski definition) is 1. The highest BCUT2D eigenvalue weighted by atomic mass is 35.5. The minimum atomic E-state index is 0. The highest BCUT2D eigenvalue weighted by molar-refractivity contribution is 5.85. The summed E-state index contributed by atoms with van der Waals surface area (Å²) in [6.07, 6.45) is 7.54. The van der Waals surface area contributed by atoms with E-state index in [0.29, 0.717) is 11.9 Å². The van der Waals surface area contributed by atoms with E-state index in [1.54, 1.807) is 0 Å². The Morgan fingerprint density at radius 3 is 2.30 bits per heavy atom. The fourth-order valence-corrected chi connectivity index (χ4v) is 5.03. The molecule has 0 bridgehead atoms. The lowest BCUT2D eigenvalue weighted by molar-refractivity contribution is -0.136. The smallest absolute Gasteiger partial charge is 0.225 e. The Kier molecular flexibility index (Phi) is 8.41. The summed E-state index contributed by atoms with van der Waals surface area (Å²) in [4.78, 5) is 17.7. The Morgan fingerprint density at radius 2 is 1.63 bits per heavy atom. The van der Waals surface area contributed by atoms with Crippen LogP contribution in [0.1, 0.15) is 43.2 Å². The fourth-order valence-electron chi connectivity index (χ4n) is 5.03. The van der Waals surface area contributed by atoms with Gasteiger partial charge in [0.1, 0.15) is 0 Å². The molecule has 1 aromatic carbocycles. The molecule has 0 spiro atoms. The van der Waals surface area contributed by atoms with Crippen LogP contribution in [0.2, 0.25) is 0 Å². The van der Waals surface area contributed by atoms with Gasteiger partial charge in [-0.25, -0.2) is 0 Å². The molecule has 0 aromatic heterocycles. The van der Waals surface area contributed by atoms with Crippen LogP contribution in [-0.4, -0.2) is 54.0 Å². The first-order valence-corrected chi connectivity index (χ1v) is 10.1. The SMILES string of the molecule is Cl.Cl.N[C@H]1CCC[C@@H](C(=O)N2CCCN(C3Cc4ccccc4C3)CC2)C1. The summed E-state index contributed by atoms with van der Waals surface area (Å²) in [5, 5.41) is 0. The van der Waals surface area contributed by atoms with Gasteiger partial charge >= 0.3 is 0 Å². The zero-order chi connectivity index (χ0) is 17.2. The third-order valence-electron chi connectivity index (χ3n) is 6.45. The zero-order valence-electron chi connectivity index (χ0n) is 16.0. The summed E-state index contributed by atoms with van der Waals surface area (Å²) >= 11 is 0. The largest absolute Gasteiger partial charge is 0.341 e. The lowest BCUT2D eigenvalue weighted by Gasteiger charge is -2.31. The van der Waals surface area contributed by atoms with Gasteiger partial charge in [0.05, 0.1) is 0 Å². The Bertz CT molecular complexity index is 602. The minimum absolute atomic E-state index is 0. The first-order valence-electron chi connectivity index (χ1n) is 10.1. The molecular weight excluding hydrogens is 381 g/mol. The molecule has 1 aliphatic heterocycles. The van der Waals surface area contributed by atoms with Gasteiger partial charge in [0.2, 0.25) is 5.91 Å². The number of rotatable bonds is 2. The van der Waals surface area contributed by atoms with E-state index in [9.17, 15) is 4.79 Å². The van der Waals surface area contributed by atoms with Gasteiger partial charge < -0.3 is 10.6 Å². The number of nitrogens with zero attached hydrogens (tertiary/aromatic N) is 2. The number of nitrogens with two attached hydrogens (primary N) is 1. The first-order chi connectivity index (χ1) is 12.2. The highest BCUT2D eigenvalue weighted by Crippen LogP contribution is 2.28. The molecule has 0 unspecified atom stereocenters. The minimum Gasteiger partial charge on any atom is -0.341 e. The van der Waals surface area contributed by atoms with Crippen molar-refractivity contribution in [2.24, 2.45) is 11.7 Å². The Hall–Kier alpha value is -0.810. The predicted molar refractivity (Wildman–Crippen MR) is 115 cm³/mol. The van der Waals surface area contributed by atoms with Crippen LogP contribution in [0.15, 0.2) is 24.3 Å². The van der Waals surface area contributed by atoms with E-state index in [1.165, 1.54) is 24.0 Å². The van der Waals surface area contributed by atoms with Crippen LogP contribution in [0, 0.1) is 5.92 Å². The van der Waals surface area contributed by atoms with Crippen LogP contribution in [-0.2, 0) is 17.6 Å². The van der Waals surface area contributed by atoms with Crippen LogP contribution in [0.4, 0.5) is 0 Å². The maximum atomic E-state index is 12.9. The number of fused-ring (bicyclic) bond motifs is 1. The Labute approximate surface area is 175 Å². The number of benzene rings is 1.